The van der Waals surface area contributed by atoms with E-state index in [0.29, 0.717) is 18.8 Å². The van der Waals surface area contributed by atoms with E-state index in [1.807, 2.05) is 12.3 Å². The third-order valence-electron chi connectivity index (χ3n) is 4.36. The molecule has 0 aromatic carbocycles. The minimum atomic E-state index is -0.342. The van der Waals surface area contributed by atoms with E-state index >= 15 is 0 Å². The Kier molecular flexibility index (Phi) is 5.08. The molecule has 2 aromatic heterocycles. The standard InChI is InChI=1S/C17H22N6O2/c1-12-3-2-4-19-14(12)11-22-5-7-23(8-6-22)16(25)10-13-9-15(24)21-17(18)20-13/h2-4,9H,5-8,10-11H2,1H3,(H3,18,20,21,24). The van der Waals surface area contributed by atoms with Crippen LogP contribution in [0, 0.1) is 6.92 Å². The lowest BCUT2D eigenvalue weighted by atomic mass is 10.2. The summed E-state index contributed by atoms with van der Waals surface area (Å²) in [5, 5.41) is 0. The normalized spacial score (nSPS) is 15.3. The van der Waals surface area contributed by atoms with Gasteiger partial charge in [-0.3, -0.25) is 24.5 Å². The molecule has 0 aliphatic carbocycles. The maximum absolute atomic E-state index is 12.4. The highest BCUT2D eigenvalue weighted by atomic mass is 16.2. The molecule has 1 aliphatic heterocycles. The number of aromatic nitrogens is 3. The van der Waals surface area contributed by atoms with Crippen LogP contribution in [0.3, 0.4) is 0 Å². The van der Waals surface area contributed by atoms with Crippen LogP contribution >= 0.6 is 0 Å². The Morgan fingerprint density at radius 2 is 2.08 bits per heavy atom. The van der Waals surface area contributed by atoms with Crippen LogP contribution in [0.5, 0.6) is 0 Å². The highest BCUT2D eigenvalue weighted by Crippen LogP contribution is 2.11. The van der Waals surface area contributed by atoms with E-state index in [-0.39, 0.29) is 23.8 Å². The van der Waals surface area contributed by atoms with E-state index in [1.54, 1.807) is 4.90 Å². The van der Waals surface area contributed by atoms with Crippen molar-refractivity contribution in [3.63, 3.8) is 0 Å². The number of amides is 1. The molecule has 1 fully saturated rings. The van der Waals surface area contributed by atoms with Crippen molar-refractivity contribution in [2.45, 2.75) is 19.9 Å². The summed E-state index contributed by atoms with van der Waals surface area (Å²) in [5.41, 5.74) is 7.83. The van der Waals surface area contributed by atoms with Crippen molar-refractivity contribution in [3.8, 4) is 0 Å². The monoisotopic (exact) mass is 342 g/mol. The molecular formula is C17H22N6O2. The van der Waals surface area contributed by atoms with E-state index in [9.17, 15) is 9.59 Å². The number of nitrogens with two attached hydrogens (primary N) is 1. The Bertz CT molecular complexity index is 811. The predicted octanol–water partition coefficient (Wildman–Crippen LogP) is -0.0576. The van der Waals surface area contributed by atoms with Gasteiger partial charge < -0.3 is 10.6 Å². The molecule has 3 rings (SSSR count). The fourth-order valence-corrected chi connectivity index (χ4v) is 2.94. The first-order valence-corrected chi connectivity index (χ1v) is 8.27. The molecule has 0 spiro atoms. The Labute approximate surface area is 145 Å². The van der Waals surface area contributed by atoms with Gasteiger partial charge in [-0.25, -0.2) is 4.98 Å². The Morgan fingerprint density at radius 1 is 1.32 bits per heavy atom. The molecule has 8 heteroatoms. The third-order valence-corrected chi connectivity index (χ3v) is 4.36. The molecule has 0 saturated carbocycles. The molecule has 25 heavy (non-hydrogen) atoms. The van der Waals surface area contributed by atoms with Crippen LogP contribution in [-0.2, 0) is 17.8 Å². The number of aromatic amines is 1. The molecule has 132 valence electrons. The number of carbonyl (C=O) groups excluding carboxylic acids is 1. The summed E-state index contributed by atoms with van der Waals surface area (Å²) in [6, 6.07) is 5.31. The van der Waals surface area contributed by atoms with Gasteiger partial charge in [-0.2, -0.15) is 0 Å². The first-order chi connectivity index (χ1) is 12.0. The molecule has 0 bridgehead atoms. The molecule has 8 nitrogen and oxygen atoms in total. The number of H-pyrrole nitrogens is 1. The van der Waals surface area contributed by atoms with E-state index in [2.05, 4.69) is 32.8 Å². The first kappa shape index (κ1) is 17.1. The van der Waals surface area contributed by atoms with E-state index in [0.717, 1.165) is 25.3 Å². The second-order valence-corrected chi connectivity index (χ2v) is 6.22. The van der Waals surface area contributed by atoms with Gasteiger partial charge in [0.25, 0.3) is 5.56 Å². The molecule has 2 aromatic rings. The SMILES string of the molecule is Cc1cccnc1CN1CCN(C(=O)Cc2cc(=O)[nH]c(N)n2)CC1. The van der Waals surface area contributed by atoms with Gasteiger partial charge in [0.1, 0.15) is 0 Å². The molecule has 0 radical (unpaired) electrons. The van der Waals surface area contributed by atoms with E-state index in [4.69, 9.17) is 5.73 Å². The zero-order valence-corrected chi connectivity index (χ0v) is 14.2. The fourth-order valence-electron chi connectivity index (χ4n) is 2.94. The lowest BCUT2D eigenvalue weighted by Crippen LogP contribution is -2.48. The van der Waals surface area contributed by atoms with Crippen LogP contribution in [0.15, 0.2) is 29.2 Å². The second kappa shape index (κ2) is 7.43. The average Bonchev–Trinajstić information content (AvgIpc) is 2.56. The lowest BCUT2D eigenvalue weighted by molar-refractivity contribution is -0.132. The number of pyridine rings is 1. The maximum Gasteiger partial charge on any atom is 0.252 e. The number of rotatable bonds is 4. The summed E-state index contributed by atoms with van der Waals surface area (Å²) in [7, 11) is 0. The van der Waals surface area contributed by atoms with E-state index < -0.39 is 0 Å². The summed E-state index contributed by atoms with van der Waals surface area (Å²) < 4.78 is 0. The second-order valence-electron chi connectivity index (χ2n) is 6.22. The molecule has 3 N–H and O–H groups in total. The van der Waals surface area contributed by atoms with Crippen molar-refractivity contribution < 1.29 is 4.79 Å². The van der Waals surface area contributed by atoms with Crippen molar-refractivity contribution in [1.82, 2.24) is 24.8 Å². The van der Waals surface area contributed by atoms with Gasteiger partial charge in [-0.05, 0) is 18.6 Å². The smallest absolute Gasteiger partial charge is 0.252 e. The Morgan fingerprint density at radius 3 is 2.76 bits per heavy atom. The zero-order valence-electron chi connectivity index (χ0n) is 14.2. The number of nitrogens with zero attached hydrogens (tertiary/aromatic N) is 4. The molecule has 0 atom stereocenters. The first-order valence-electron chi connectivity index (χ1n) is 8.27. The third kappa shape index (κ3) is 4.42. The van der Waals surface area contributed by atoms with Crippen molar-refractivity contribution in [2.75, 3.05) is 31.9 Å². The zero-order chi connectivity index (χ0) is 17.8. The lowest BCUT2D eigenvalue weighted by Gasteiger charge is -2.34. The van der Waals surface area contributed by atoms with Crippen LogP contribution < -0.4 is 11.3 Å². The van der Waals surface area contributed by atoms with Gasteiger partial charge in [0.2, 0.25) is 11.9 Å². The molecule has 1 saturated heterocycles. The summed E-state index contributed by atoms with van der Waals surface area (Å²) in [6.07, 6.45) is 1.90. The highest BCUT2D eigenvalue weighted by Gasteiger charge is 2.22. The van der Waals surface area contributed by atoms with Crippen LogP contribution in [0.2, 0.25) is 0 Å². The minimum absolute atomic E-state index is 0.0332. The van der Waals surface area contributed by atoms with Gasteiger partial charge in [-0.1, -0.05) is 6.07 Å². The Hall–Kier alpha value is -2.74. The topological polar surface area (TPSA) is 108 Å². The predicted molar refractivity (Wildman–Crippen MR) is 93.8 cm³/mol. The molecule has 3 heterocycles. The van der Waals surface area contributed by atoms with E-state index in [1.165, 1.54) is 11.6 Å². The van der Waals surface area contributed by atoms with Gasteiger partial charge >= 0.3 is 0 Å². The summed E-state index contributed by atoms with van der Waals surface area (Å²) in [6.45, 7) is 5.76. The van der Waals surface area contributed by atoms with Crippen LogP contribution in [0.1, 0.15) is 17.0 Å². The maximum atomic E-state index is 12.4. The van der Waals surface area contributed by atoms with Gasteiger partial charge in [-0.15, -0.1) is 0 Å². The molecule has 0 unspecified atom stereocenters. The highest BCUT2D eigenvalue weighted by molar-refractivity contribution is 5.78. The van der Waals surface area contributed by atoms with Gasteiger partial charge in [0.15, 0.2) is 0 Å². The minimum Gasteiger partial charge on any atom is -0.369 e. The van der Waals surface area contributed by atoms with Crippen molar-refractivity contribution in [2.24, 2.45) is 0 Å². The largest absolute Gasteiger partial charge is 0.369 e. The Balaban J connectivity index is 1.54. The number of carbonyl (C=O) groups is 1. The average molecular weight is 342 g/mol. The number of nitrogens with one attached hydrogen (secondary N) is 1. The summed E-state index contributed by atoms with van der Waals surface area (Å²) in [4.78, 5) is 38.7. The number of piperazine rings is 1. The van der Waals surface area contributed by atoms with Crippen molar-refractivity contribution in [1.29, 1.82) is 0 Å². The number of hydrogen-bond acceptors (Lipinski definition) is 6. The van der Waals surface area contributed by atoms with Crippen LogP contribution in [0.4, 0.5) is 5.95 Å². The van der Waals surface area contributed by atoms with Gasteiger partial charge in [0.05, 0.1) is 17.8 Å². The molecular weight excluding hydrogens is 320 g/mol. The summed E-state index contributed by atoms with van der Waals surface area (Å²) in [5.74, 6) is -0.00276. The number of aryl methyl sites for hydroxylation is 1. The molecule has 1 amide bonds. The number of nitrogen functional groups attached to an aromatic ring is 1. The fraction of sp³-hybridized carbons (Fsp3) is 0.412. The summed E-state index contributed by atoms with van der Waals surface area (Å²) >= 11 is 0. The van der Waals surface area contributed by atoms with Crippen molar-refractivity contribution in [3.05, 3.63) is 51.7 Å². The van der Waals surface area contributed by atoms with Crippen molar-refractivity contribution >= 4 is 11.9 Å². The quantitative estimate of drug-likeness (QED) is 0.806. The number of hydrogen-bond donors (Lipinski definition) is 2. The number of anilines is 1. The van der Waals surface area contributed by atoms with Gasteiger partial charge in [0, 0.05) is 45.0 Å². The molecule has 1 aliphatic rings. The van der Waals surface area contributed by atoms with Crippen LogP contribution in [-0.4, -0.2) is 56.8 Å². The van der Waals surface area contributed by atoms with Crippen LogP contribution in [0.25, 0.3) is 0 Å².